The lowest BCUT2D eigenvalue weighted by atomic mass is 9.75. The molecule has 1 aliphatic carbocycles. The van der Waals surface area contributed by atoms with Crippen molar-refractivity contribution in [3.63, 3.8) is 0 Å². The summed E-state index contributed by atoms with van der Waals surface area (Å²) in [4.78, 5) is 22.8. The van der Waals surface area contributed by atoms with Crippen molar-refractivity contribution in [1.29, 1.82) is 0 Å². The van der Waals surface area contributed by atoms with Gasteiger partial charge in [-0.05, 0) is 29.3 Å². The SMILES string of the molecule is Nc1ccc(C2=CC(C(=O)O)(C(=O)O)C(N)C=C2)cc1. The van der Waals surface area contributed by atoms with Gasteiger partial charge >= 0.3 is 11.9 Å². The molecule has 0 heterocycles. The number of rotatable bonds is 3. The first-order chi connectivity index (χ1) is 9.37. The van der Waals surface area contributed by atoms with Crippen molar-refractivity contribution in [3.8, 4) is 0 Å². The van der Waals surface area contributed by atoms with Crippen molar-refractivity contribution in [2.45, 2.75) is 6.04 Å². The molecule has 0 fully saturated rings. The summed E-state index contributed by atoms with van der Waals surface area (Å²) in [6.07, 6.45) is 4.17. The van der Waals surface area contributed by atoms with Crippen LogP contribution < -0.4 is 11.5 Å². The van der Waals surface area contributed by atoms with E-state index in [0.29, 0.717) is 16.8 Å². The summed E-state index contributed by atoms with van der Waals surface area (Å²) in [6.45, 7) is 0. The summed E-state index contributed by atoms with van der Waals surface area (Å²) in [5.74, 6) is -2.98. The van der Waals surface area contributed by atoms with Gasteiger partial charge in [0, 0.05) is 5.69 Å². The largest absolute Gasteiger partial charge is 0.480 e. The first-order valence-electron chi connectivity index (χ1n) is 5.87. The van der Waals surface area contributed by atoms with Gasteiger partial charge in [-0.25, -0.2) is 0 Å². The van der Waals surface area contributed by atoms with E-state index in [1.807, 2.05) is 0 Å². The van der Waals surface area contributed by atoms with Gasteiger partial charge in [0.05, 0.1) is 6.04 Å². The zero-order chi connectivity index (χ0) is 14.9. The Morgan fingerprint density at radius 3 is 2.15 bits per heavy atom. The molecule has 0 saturated carbocycles. The van der Waals surface area contributed by atoms with Crippen LogP contribution >= 0.6 is 0 Å². The van der Waals surface area contributed by atoms with Crippen molar-refractivity contribution in [2.75, 3.05) is 5.73 Å². The molecule has 0 spiro atoms. The maximum absolute atomic E-state index is 11.4. The second-order valence-electron chi connectivity index (χ2n) is 4.59. The highest BCUT2D eigenvalue weighted by atomic mass is 16.4. The van der Waals surface area contributed by atoms with Crippen LogP contribution in [0.1, 0.15) is 5.56 Å². The molecule has 1 atom stereocenters. The third kappa shape index (κ3) is 2.06. The highest BCUT2D eigenvalue weighted by Gasteiger charge is 2.50. The Hall–Kier alpha value is -2.60. The first-order valence-corrected chi connectivity index (χ1v) is 5.87. The van der Waals surface area contributed by atoms with Gasteiger partial charge in [0.25, 0.3) is 0 Å². The van der Waals surface area contributed by atoms with E-state index in [-0.39, 0.29) is 0 Å². The quantitative estimate of drug-likeness (QED) is 0.475. The van der Waals surface area contributed by atoms with E-state index in [1.54, 1.807) is 30.3 Å². The highest BCUT2D eigenvalue weighted by Crippen LogP contribution is 2.34. The van der Waals surface area contributed by atoms with Gasteiger partial charge in [0.2, 0.25) is 5.41 Å². The van der Waals surface area contributed by atoms with Crippen LogP contribution in [-0.4, -0.2) is 28.2 Å². The van der Waals surface area contributed by atoms with Crippen LogP contribution in [0, 0.1) is 5.41 Å². The fourth-order valence-electron chi connectivity index (χ4n) is 2.10. The minimum absolute atomic E-state index is 0.483. The summed E-state index contributed by atoms with van der Waals surface area (Å²) in [6, 6.07) is 5.56. The van der Waals surface area contributed by atoms with Gasteiger partial charge in [-0.15, -0.1) is 0 Å². The van der Waals surface area contributed by atoms with E-state index in [9.17, 15) is 19.8 Å². The lowest BCUT2D eigenvalue weighted by molar-refractivity contribution is -0.161. The number of aliphatic carboxylic acids is 2. The molecule has 1 unspecified atom stereocenters. The lowest BCUT2D eigenvalue weighted by Gasteiger charge is -2.29. The third-order valence-electron chi connectivity index (χ3n) is 3.34. The van der Waals surface area contributed by atoms with Gasteiger partial charge in [-0.1, -0.05) is 24.3 Å². The maximum atomic E-state index is 11.4. The van der Waals surface area contributed by atoms with Gasteiger partial charge in [-0.3, -0.25) is 9.59 Å². The number of carbonyl (C=O) groups is 2. The van der Waals surface area contributed by atoms with Crippen molar-refractivity contribution in [1.82, 2.24) is 0 Å². The van der Waals surface area contributed by atoms with E-state index in [1.165, 1.54) is 12.2 Å². The molecule has 0 aliphatic heterocycles. The smallest absolute Gasteiger partial charge is 0.327 e. The number of hydrogen-bond acceptors (Lipinski definition) is 4. The number of allylic oxidation sites excluding steroid dienone is 2. The zero-order valence-corrected chi connectivity index (χ0v) is 10.5. The number of carboxylic acid groups (broad SMARTS) is 2. The standard InChI is InChI=1S/C14H14N2O4/c15-10-4-1-8(2-5-10)9-3-6-11(16)14(7-9,12(17)18)13(19)20/h1-7,11H,15-16H2,(H,17,18)(H,19,20). The molecule has 0 radical (unpaired) electrons. The van der Waals surface area contributed by atoms with Crippen molar-refractivity contribution in [2.24, 2.45) is 11.1 Å². The average Bonchev–Trinajstić information content (AvgIpc) is 2.39. The minimum atomic E-state index is -2.16. The van der Waals surface area contributed by atoms with Crippen LogP contribution in [0.3, 0.4) is 0 Å². The predicted molar refractivity (Wildman–Crippen MR) is 73.7 cm³/mol. The van der Waals surface area contributed by atoms with Crippen LogP contribution in [0.15, 0.2) is 42.5 Å². The third-order valence-corrected chi connectivity index (χ3v) is 3.34. The van der Waals surface area contributed by atoms with Crippen molar-refractivity contribution < 1.29 is 19.8 Å². The summed E-state index contributed by atoms with van der Waals surface area (Å²) in [5, 5.41) is 18.6. The number of nitrogens with two attached hydrogens (primary N) is 2. The van der Waals surface area contributed by atoms with Crippen molar-refractivity contribution >= 4 is 23.2 Å². The molecule has 20 heavy (non-hydrogen) atoms. The molecule has 6 N–H and O–H groups in total. The Morgan fingerprint density at radius 2 is 1.65 bits per heavy atom. The minimum Gasteiger partial charge on any atom is -0.480 e. The Kier molecular flexibility index (Phi) is 3.33. The van der Waals surface area contributed by atoms with Crippen LogP contribution in [0.25, 0.3) is 5.57 Å². The van der Waals surface area contributed by atoms with Crippen LogP contribution in [0.5, 0.6) is 0 Å². The van der Waals surface area contributed by atoms with Crippen LogP contribution in [-0.2, 0) is 9.59 Å². The van der Waals surface area contributed by atoms with E-state index in [0.717, 1.165) is 0 Å². The molecule has 1 aromatic rings. The molecular formula is C14H14N2O4. The Labute approximate surface area is 115 Å². The molecule has 6 nitrogen and oxygen atoms in total. The zero-order valence-electron chi connectivity index (χ0n) is 10.5. The average molecular weight is 274 g/mol. The highest BCUT2D eigenvalue weighted by molar-refractivity contribution is 6.04. The number of nitrogen functional groups attached to an aromatic ring is 1. The molecule has 0 bridgehead atoms. The maximum Gasteiger partial charge on any atom is 0.327 e. The topological polar surface area (TPSA) is 127 Å². The fraction of sp³-hybridized carbons (Fsp3) is 0.143. The van der Waals surface area contributed by atoms with Crippen molar-refractivity contribution in [3.05, 3.63) is 48.1 Å². The second-order valence-corrected chi connectivity index (χ2v) is 4.59. The molecule has 1 aromatic carbocycles. The Balaban J connectivity index is 2.55. The summed E-state index contributed by atoms with van der Waals surface area (Å²) in [5.41, 5.74) is 10.8. The van der Waals surface area contributed by atoms with E-state index in [2.05, 4.69) is 0 Å². The monoisotopic (exact) mass is 274 g/mol. The molecule has 0 amide bonds. The van der Waals surface area contributed by atoms with E-state index < -0.39 is 23.4 Å². The van der Waals surface area contributed by atoms with E-state index in [4.69, 9.17) is 11.5 Å². The summed E-state index contributed by atoms with van der Waals surface area (Å²) < 4.78 is 0. The van der Waals surface area contributed by atoms with Crippen LogP contribution in [0.4, 0.5) is 5.69 Å². The summed E-state index contributed by atoms with van der Waals surface area (Å²) >= 11 is 0. The summed E-state index contributed by atoms with van der Waals surface area (Å²) in [7, 11) is 0. The molecule has 104 valence electrons. The van der Waals surface area contributed by atoms with Gasteiger partial charge in [0.1, 0.15) is 0 Å². The number of benzene rings is 1. The molecule has 0 saturated heterocycles. The predicted octanol–water partition coefficient (Wildman–Crippen LogP) is 0.705. The number of anilines is 1. The Bertz CT molecular complexity index is 603. The van der Waals surface area contributed by atoms with Gasteiger partial charge in [0.15, 0.2) is 0 Å². The fourth-order valence-corrected chi connectivity index (χ4v) is 2.10. The van der Waals surface area contributed by atoms with Gasteiger partial charge < -0.3 is 21.7 Å². The number of carboxylic acids is 2. The second kappa shape index (κ2) is 4.82. The van der Waals surface area contributed by atoms with E-state index >= 15 is 0 Å². The number of hydrogen-bond donors (Lipinski definition) is 4. The molecule has 2 rings (SSSR count). The van der Waals surface area contributed by atoms with Crippen LogP contribution in [0.2, 0.25) is 0 Å². The normalized spacial score (nSPS) is 20.2. The molecule has 0 aromatic heterocycles. The van der Waals surface area contributed by atoms with Gasteiger partial charge in [-0.2, -0.15) is 0 Å². The lowest BCUT2D eigenvalue weighted by Crippen LogP contribution is -2.52. The molecule has 6 heteroatoms. The molecular weight excluding hydrogens is 260 g/mol. The Morgan fingerprint density at radius 1 is 1.10 bits per heavy atom. The molecule has 1 aliphatic rings. The first kappa shape index (κ1) is 13.8.